The number of quaternary nitrogens is 1. The molecule has 0 amide bonds. The highest BCUT2D eigenvalue weighted by Crippen LogP contribution is 2.18. The van der Waals surface area contributed by atoms with Gasteiger partial charge >= 0.3 is 0 Å². The molecule has 1 atom stereocenters. The Morgan fingerprint density at radius 2 is 1.52 bits per heavy atom. The molecule has 2 saturated carbocycles. The van der Waals surface area contributed by atoms with Gasteiger partial charge in [0.25, 0.3) is 0 Å². The largest absolute Gasteiger partial charge is 0.548 e. The molecule has 0 aliphatic heterocycles. The molecule has 4 heteroatoms. The number of aliphatic carboxylic acids is 1. The van der Waals surface area contributed by atoms with Crippen molar-refractivity contribution in [1.82, 2.24) is 0 Å². The van der Waals surface area contributed by atoms with Gasteiger partial charge in [-0.25, -0.2) is 0 Å². The predicted octanol–water partition coefficient (Wildman–Crippen LogP) is 0.302. The zero-order valence-electron chi connectivity index (χ0n) is 13.1. The van der Waals surface area contributed by atoms with E-state index >= 15 is 0 Å². The van der Waals surface area contributed by atoms with Crippen LogP contribution >= 0.6 is 0 Å². The van der Waals surface area contributed by atoms with Crippen LogP contribution in [0.3, 0.4) is 0 Å². The second-order valence-electron chi connectivity index (χ2n) is 6.32. The van der Waals surface area contributed by atoms with Crippen LogP contribution in [0.2, 0.25) is 0 Å². The molecule has 2 aliphatic rings. The van der Waals surface area contributed by atoms with Crippen molar-refractivity contribution in [1.29, 1.82) is 0 Å². The number of carbonyl (C=O) groups is 1. The van der Waals surface area contributed by atoms with Crippen molar-refractivity contribution < 1.29 is 15.2 Å². The van der Waals surface area contributed by atoms with Crippen LogP contribution in [-0.4, -0.2) is 24.1 Å². The summed E-state index contributed by atoms with van der Waals surface area (Å²) in [5.74, 6) is 0.800. The standard InChI is InChI=1S/C12H23N.C5H7NO2/c1-3-7-11(8-4-1)13-12-9-5-2-6-10-12;1-2-3-4(6)5(7)8/h11-13H,1-10H2;1,4H,3,6H2,(H,7,8)/t;4-/m.1/s1. The van der Waals surface area contributed by atoms with Gasteiger partial charge in [0.2, 0.25) is 0 Å². The quantitative estimate of drug-likeness (QED) is 0.732. The summed E-state index contributed by atoms with van der Waals surface area (Å²) >= 11 is 0. The molecule has 0 saturated heterocycles. The molecule has 0 unspecified atom stereocenters. The maximum Gasteiger partial charge on any atom is 0.0861 e. The fraction of sp³-hybridized carbons (Fsp3) is 0.824. The molecule has 0 bridgehead atoms. The van der Waals surface area contributed by atoms with Gasteiger partial charge in [-0.05, 0) is 51.4 Å². The Hall–Kier alpha value is -1.05. The van der Waals surface area contributed by atoms with Gasteiger partial charge in [0, 0.05) is 6.42 Å². The maximum absolute atomic E-state index is 9.76. The van der Waals surface area contributed by atoms with E-state index in [4.69, 9.17) is 12.2 Å². The summed E-state index contributed by atoms with van der Waals surface area (Å²) in [6.07, 6.45) is 19.7. The minimum Gasteiger partial charge on any atom is -0.548 e. The average Bonchev–Trinajstić information content (AvgIpc) is 2.50. The second-order valence-corrected chi connectivity index (χ2v) is 6.32. The highest BCUT2D eigenvalue weighted by molar-refractivity contribution is 5.71. The highest BCUT2D eigenvalue weighted by Gasteiger charge is 2.22. The van der Waals surface area contributed by atoms with Crippen molar-refractivity contribution >= 4 is 5.97 Å². The summed E-state index contributed by atoms with van der Waals surface area (Å²) in [4.78, 5) is 9.76. The first-order chi connectivity index (χ1) is 10.1. The lowest BCUT2D eigenvalue weighted by Gasteiger charge is -2.27. The monoisotopic (exact) mass is 294 g/mol. The zero-order chi connectivity index (χ0) is 15.5. The van der Waals surface area contributed by atoms with E-state index in [1.165, 1.54) is 64.2 Å². The molecule has 4 N–H and O–H groups in total. The Bertz CT molecular complexity index is 310. The minimum absolute atomic E-state index is 0.0301. The second kappa shape index (κ2) is 10.6. The SMILES string of the molecule is C#CC[C@@H](N)C(=O)[O-].C1CCC([NH2+]C2CCCCC2)CC1. The topological polar surface area (TPSA) is 82.8 Å². The molecule has 2 fully saturated rings. The summed E-state index contributed by atoms with van der Waals surface area (Å²) in [5.41, 5.74) is 4.92. The van der Waals surface area contributed by atoms with E-state index in [9.17, 15) is 9.90 Å². The molecule has 0 spiro atoms. The van der Waals surface area contributed by atoms with Crippen LogP contribution in [-0.2, 0) is 4.79 Å². The van der Waals surface area contributed by atoms with Crippen LogP contribution in [0.5, 0.6) is 0 Å². The van der Waals surface area contributed by atoms with E-state index in [0.717, 1.165) is 12.1 Å². The maximum atomic E-state index is 9.76. The van der Waals surface area contributed by atoms with Crippen molar-refractivity contribution in [3.63, 3.8) is 0 Å². The summed E-state index contributed by atoms with van der Waals surface area (Å²) < 4.78 is 0. The van der Waals surface area contributed by atoms with Crippen molar-refractivity contribution in [3.05, 3.63) is 0 Å². The lowest BCUT2D eigenvalue weighted by molar-refractivity contribution is -0.725. The summed E-state index contributed by atoms with van der Waals surface area (Å²) in [5, 5.41) is 12.5. The third-order valence-electron chi connectivity index (χ3n) is 4.48. The number of terminal acetylenes is 1. The lowest BCUT2D eigenvalue weighted by atomic mass is 9.91. The third-order valence-corrected chi connectivity index (χ3v) is 4.48. The van der Waals surface area contributed by atoms with E-state index in [1.54, 1.807) is 0 Å². The number of carbonyl (C=O) groups excluding carboxylic acids is 1. The van der Waals surface area contributed by atoms with Gasteiger partial charge in [0.1, 0.15) is 0 Å². The van der Waals surface area contributed by atoms with Crippen molar-refractivity contribution in [2.75, 3.05) is 0 Å². The summed E-state index contributed by atoms with van der Waals surface area (Å²) in [6, 6.07) is 0.980. The smallest absolute Gasteiger partial charge is 0.0861 e. The van der Waals surface area contributed by atoms with E-state index < -0.39 is 12.0 Å². The first-order valence-corrected chi connectivity index (χ1v) is 8.38. The van der Waals surface area contributed by atoms with Gasteiger partial charge in [0.05, 0.1) is 24.1 Å². The van der Waals surface area contributed by atoms with Gasteiger partial charge in [-0.1, -0.05) is 12.8 Å². The fourth-order valence-electron chi connectivity index (χ4n) is 3.25. The van der Waals surface area contributed by atoms with Crippen LogP contribution in [0.4, 0.5) is 0 Å². The number of carboxylic acids is 1. The molecule has 21 heavy (non-hydrogen) atoms. The summed E-state index contributed by atoms with van der Waals surface area (Å²) in [6.45, 7) is 0. The van der Waals surface area contributed by atoms with E-state index in [-0.39, 0.29) is 6.42 Å². The Balaban J connectivity index is 0.000000240. The molecule has 0 aromatic rings. The molecule has 2 aliphatic carbocycles. The number of hydrogen-bond donors (Lipinski definition) is 2. The Labute approximate surface area is 128 Å². The van der Waals surface area contributed by atoms with E-state index in [0.29, 0.717) is 0 Å². The van der Waals surface area contributed by atoms with Gasteiger partial charge in [-0.15, -0.1) is 12.3 Å². The normalized spacial score (nSPS) is 21.7. The van der Waals surface area contributed by atoms with Crippen molar-refractivity contribution in [3.8, 4) is 12.3 Å². The molecule has 0 heterocycles. The van der Waals surface area contributed by atoms with Gasteiger partial charge in [-0.2, -0.15) is 0 Å². The Morgan fingerprint density at radius 1 is 1.10 bits per heavy atom. The number of nitrogens with two attached hydrogens (primary N) is 2. The van der Waals surface area contributed by atoms with Crippen LogP contribution < -0.4 is 16.2 Å². The first kappa shape index (κ1) is 18.0. The first-order valence-electron chi connectivity index (χ1n) is 8.38. The van der Waals surface area contributed by atoms with Crippen LogP contribution in [0, 0.1) is 12.3 Å². The Morgan fingerprint density at radius 3 is 1.81 bits per heavy atom. The average molecular weight is 294 g/mol. The van der Waals surface area contributed by atoms with Crippen LogP contribution in [0.1, 0.15) is 70.6 Å². The van der Waals surface area contributed by atoms with E-state index in [1.807, 2.05) is 0 Å². The molecule has 0 aromatic carbocycles. The van der Waals surface area contributed by atoms with E-state index in [2.05, 4.69) is 11.2 Å². The van der Waals surface area contributed by atoms with Gasteiger partial charge in [0.15, 0.2) is 0 Å². The van der Waals surface area contributed by atoms with Crippen molar-refractivity contribution in [2.45, 2.75) is 88.8 Å². The summed E-state index contributed by atoms with van der Waals surface area (Å²) in [7, 11) is 0. The van der Waals surface area contributed by atoms with Gasteiger partial charge < -0.3 is 21.0 Å². The van der Waals surface area contributed by atoms with Gasteiger partial charge in [-0.3, -0.25) is 0 Å². The van der Waals surface area contributed by atoms with Crippen LogP contribution in [0.25, 0.3) is 0 Å². The highest BCUT2D eigenvalue weighted by atomic mass is 16.4. The zero-order valence-corrected chi connectivity index (χ0v) is 13.1. The molecular weight excluding hydrogens is 264 g/mol. The number of hydrogen-bond acceptors (Lipinski definition) is 3. The molecule has 120 valence electrons. The van der Waals surface area contributed by atoms with Crippen LogP contribution in [0.15, 0.2) is 0 Å². The molecular formula is C17H30N2O2. The molecule has 2 rings (SSSR count). The number of rotatable bonds is 4. The third kappa shape index (κ3) is 8.08. The minimum atomic E-state index is -1.30. The number of carboxylic acid groups (broad SMARTS) is 1. The van der Waals surface area contributed by atoms with Crippen molar-refractivity contribution in [2.24, 2.45) is 5.73 Å². The molecule has 4 nitrogen and oxygen atoms in total. The molecule has 0 aromatic heterocycles. The lowest BCUT2D eigenvalue weighted by Crippen LogP contribution is -2.95. The molecule has 0 radical (unpaired) electrons. The Kier molecular flexibility index (Phi) is 9.12. The predicted molar refractivity (Wildman–Crippen MR) is 82.1 cm³/mol. The fourth-order valence-corrected chi connectivity index (χ4v) is 3.25.